The van der Waals surface area contributed by atoms with Gasteiger partial charge < -0.3 is 18.9 Å². The number of carbonyl (C=O) groups is 2. The molecular formula is C22H28N2O4. The molecule has 2 aromatic rings. The molecule has 1 aromatic heterocycles. The summed E-state index contributed by atoms with van der Waals surface area (Å²) in [5, 5.41) is 0.877. The lowest BCUT2D eigenvalue weighted by Gasteiger charge is -2.27. The van der Waals surface area contributed by atoms with Crippen LogP contribution < -0.4 is 0 Å². The van der Waals surface area contributed by atoms with Crippen molar-refractivity contribution in [1.82, 2.24) is 9.47 Å². The Kier molecular flexibility index (Phi) is 6.80. The van der Waals surface area contributed by atoms with Gasteiger partial charge in [-0.25, -0.2) is 4.79 Å². The van der Waals surface area contributed by atoms with Crippen molar-refractivity contribution < 1.29 is 19.1 Å². The summed E-state index contributed by atoms with van der Waals surface area (Å²) in [5.41, 5.74) is 1.41. The van der Waals surface area contributed by atoms with E-state index in [4.69, 9.17) is 9.47 Å². The average molecular weight is 384 g/mol. The molecule has 6 heteroatoms. The fraction of sp³-hybridized carbons (Fsp3) is 0.364. The number of ether oxygens (including phenoxy) is 2. The number of hydrogen-bond donors (Lipinski definition) is 0. The Morgan fingerprint density at radius 3 is 2.46 bits per heavy atom. The van der Waals surface area contributed by atoms with Gasteiger partial charge in [0.15, 0.2) is 0 Å². The summed E-state index contributed by atoms with van der Waals surface area (Å²) in [6, 6.07) is 7.65. The summed E-state index contributed by atoms with van der Waals surface area (Å²) in [5.74, 6) is -0.231. The number of carbonyl (C=O) groups excluding carboxylic acids is 2. The minimum atomic E-state index is -0.625. The van der Waals surface area contributed by atoms with E-state index in [-0.39, 0.29) is 19.1 Å². The lowest BCUT2D eigenvalue weighted by atomic mass is 10.1. The number of aromatic nitrogens is 1. The molecule has 0 unspecified atom stereocenters. The van der Waals surface area contributed by atoms with Crippen molar-refractivity contribution in [3.05, 3.63) is 60.8 Å². The van der Waals surface area contributed by atoms with Crippen LogP contribution in [0.2, 0.25) is 0 Å². The van der Waals surface area contributed by atoms with Crippen molar-refractivity contribution in [1.29, 1.82) is 0 Å². The van der Waals surface area contributed by atoms with Gasteiger partial charge in [0.05, 0.1) is 17.8 Å². The maximum Gasteiger partial charge on any atom is 0.410 e. The van der Waals surface area contributed by atoms with Crippen LogP contribution in [0.25, 0.3) is 10.9 Å². The Morgan fingerprint density at radius 1 is 1.21 bits per heavy atom. The molecule has 0 N–H and O–H groups in total. The monoisotopic (exact) mass is 384 g/mol. The molecule has 0 fully saturated rings. The van der Waals surface area contributed by atoms with Gasteiger partial charge in [-0.15, -0.1) is 6.58 Å². The molecule has 0 radical (unpaired) electrons. The summed E-state index contributed by atoms with van der Waals surface area (Å²) in [6.07, 6.45) is 2.44. The van der Waals surface area contributed by atoms with Crippen LogP contribution in [0.15, 0.2) is 49.6 Å². The third-order valence-electron chi connectivity index (χ3n) is 4.10. The summed E-state index contributed by atoms with van der Waals surface area (Å²) >= 11 is 0. The van der Waals surface area contributed by atoms with Gasteiger partial charge in [-0.2, -0.15) is 0 Å². The molecule has 1 aromatic carbocycles. The van der Waals surface area contributed by atoms with Crippen molar-refractivity contribution in [3.63, 3.8) is 0 Å². The normalized spacial score (nSPS) is 11.3. The molecule has 0 saturated carbocycles. The maximum atomic E-state index is 12.7. The summed E-state index contributed by atoms with van der Waals surface area (Å²) in [4.78, 5) is 26.9. The molecule has 2 rings (SSSR count). The minimum Gasteiger partial charge on any atom is -0.444 e. The number of fused-ring (bicyclic) bond motifs is 1. The molecule has 28 heavy (non-hydrogen) atoms. The van der Waals surface area contributed by atoms with Gasteiger partial charge in [0.1, 0.15) is 12.3 Å². The van der Waals surface area contributed by atoms with Crippen molar-refractivity contribution in [2.75, 3.05) is 13.7 Å². The highest BCUT2D eigenvalue weighted by atomic mass is 16.6. The first-order chi connectivity index (χ1) is 13.2. The Bertz CT molecular complexity index is 890. The van der Waals surface area contributed by atoms with Gasteiger partial charge in [0, 0.05) is 24.6 Å². The van der Waals surface area contributed by atoms with Crippen LogP contribution in [0.5, 0.6) is 0 Å². The van der Waals surface area contributed by atoms with Crippen LogP contribution >= 0.6 is 0 Å². The Labute approximate surface area is 166 Å². The SMILES string of the molecule is C=CCN(Cc1c(C(=O)C=C)n(COC)c2ccccc12)C(=O)OC(C)(C)C. The van der Waals surface area contributed by atoms with E-state index in [0.717, 1.165) is 16.5 Å². The first-order valence-corrected chi connectivity index (χ1v) is 9.08. The molecule has 0 aliphatic rings. The third-order valence-corrected chi connectivity index (χ3v) is 4.10. The van der Waals surface area contributed by atoms with E-state index in [2.05, 4.69) is 13.2 Å². The first kappa shape index (κ1) is 21.4. The van der Waals surface area contributed by atoms with Gasteiger partial charge in [0.25, 0.3) is 0 Å². The van der Waals surface area contributed by atoms with E-state index < -0.39 is 11.7 Å². The fourth-order valence-corrected chi connectivity index (χ4v) is 3.05. The van der Waals surface area contributed by atoms with Crippen molar-refractivity contribution >= 4 is 22.8 Å². The molecule has 1 heterocycles. The van der Waals surface area contributed by atoms with E-state index in [0.29, 0.717) is 12.2 Å². The molecular weight excluding hydrogens is 356 g/mol. The highest BCUT2D eigenvalue weighted by molar-refractivity contribution is 6.08. The second kappa shape index (κ2) is 8.89. The standard InChI is InChI=1S/C22H28N2O4/c1-7-13-23(21(26)28-22(3,4)5)14-17-16-11-9-10-12-18(16)24(15-27-6)20(17)19(25)8-2/h7-12H,1-2,13-15H2,3-6H3. The number of benzene rings is 1. The minimum absolute atomic E-state index is 0.201. The number of methoxy groups -OCH3 is 1. The van der Waals surface area contributed by atoms with Crippen LogP contribution in [0.4, 0.5) is 4.79 Å². The van der Waals surface area contributed by atoms with E-state index >= 15 is 0 Å². The quantitative estimate of drug-likeness (QED) is 0.381. The van der Waals surface area contributed by atoms with Crippen LogP contribution in [0.1, 0.15) is 36.8 Å². The van der Waals surface area contributed by atoms with E-state index in [9.17, 15) is 9.59 Å². The number of ketones is 1. The molecule has 0 aliphatic carbocycles. The number of rotatable bonds is 8. The summed E-state index contributed by atoms with van der Waals surface area (Å²) in [6.45, 7) is 13.5. The summed E-state index contributed by atoms with van der Waals surface area (Å²) in [7, 11) is 1.57. The second-order valence-corrected chi connectivity index (χ2v) is 7.41. The van der Waals surface area contributed by atoms with E-state index in [1.165, 1.54) is 11.0 Å². The van der Waals surface area contributed by atoms with Crippen LogP contribution in [0.3, 0.4) is 0 Å². The van der Waals surface area contributed by atoms with Crippen molar-refractivity contribution in [2.45, 2.75) is 39.6 Å². The molecule has 0 saturated heterocycles. The zero-order chi connectivity index (χ0) is 20.9. The fourth-order valence-electron chi connectivity index (χ4n) is 3.05. The predicted octanol–water partition coefficient (Wildman–Crippen LogP) is 4.54. The smallest absolute Gasteiger partial charge is 0.410 e. The highest BCUT2D eigenvalue weighted by Crippen LogP contribution is 2.29. The summed E-state index contributed by atoms with van der Waals surface area (Å²) < 4.78 is 12.6. The van der Waals surface area contributed by atoms with E-state index in [1.54, 1.807) is 17.8 Å². The van der Waals surface area contributed by atoms with Gasteiger partial charge in [-0.3, -0.25) is 4.79 Å². The van der Waals surface area contributed by atoms with Gasteiger partial charge in [0.2, 0.25) is 5.78 Å². The lowest BCUT2D eigenvalue weighted by Crippen LogP contribution is -2.36. The van der Waals surface area contributed by atoms with Crippen LogP contribution in [-0.4, -0.2) is 40.6 Å². The molecule has 0 bridgehead atoms. The number of amides is 1. The van der Waals surface area contributed by atoms with Crippen LogP contribution in [-0.2, 0) is 22.7 Å². The van der Waals surface area contributed by atoms with Gasteiger partial charge >= 0.3 is 6.09 Å². The van der Waals surface area contributed by atoms with Crippen molar-refractivity contribution in [3.8, 4) is 0 Å². The predicted molar refractivity (Wildman–Crippen MR) is 110 cm³/mol. The lowest BCUT2D eigenvalue weighted by molar-refractivity contribution is 0.0256. The Morgan fingerprint density at radius 2 is 1.89 bits per heavy atom. The number of hydrogen-bond acceptors (Lipinski definition) is 4. The van der Waals surface area contributed by atoms with Crippen LogP contribution in [0, 0.1) is 0 Å². The zero-order valence-electron chi connectivity index (χ0n) is 17.0. The molecule has 150 valence electrons. The molecule has 1 amide bonds. The van der Waals surface area contributed by atoms with Crippen molar-refractivity contribution in [2.24, 2.45) is 0 Å². The molecule has 0 aliphatic heterocycles. The average Bonchev–Trinajstić information content (AvgIpc) is 2.93. The Balaban J connectivity index is 2.60. The number of nitrogens with zero attached hydrogens (tertiary/aromatic N) is 2. The number of para-hydroxylation sites is 1. The number of allylic oxidation sites excluding steroid dienone is 1. The zero-order valence-corrected chi connectivity index (χ0v) is 17.0. The Hall–Kier alpha value is -2.86. The highest BCUT2D eigenvalue weighted by Gasteiger charge is 2.26. The van der Waals surface area contributed by atoms with Gasteiger partial charge in [-0.1, -0.05) is 30.9 Å². The largest absolute Gasteiger partial charge is 0.444 e. The second-order valence-electron chi connectivity index (χ2n) is 7.41. The van der Waals surface area contributed by atoms with E-state index in [1.807, 2.05) is 45.0 Å². The molecule has 0 spiro atoms. The maximum absolute atomic E-state index is 12.7. The first-order valence-electron chi connectivity index (χ1n) is 9.08. The molecule has 6 nitrogen and oxygen atoms in total. The van der Waals surface area contributed by atoms with Gasteiger partial charge in [-0.05, 0) is 32.9 Å². The topological polar surface area (TPSA) is 60.8 Å². The third kappa shape index (κ3) is 4.70. The molecule has 0 atom stereocenters.